The Morgan fingerprint density at radius 1 is 0.951 bits per heavy atom. The first-order valence-electron chi connectivity index (χ1n) is 17.6. The molecular formula is C36H54N2O2Si. The van der Waals surface area contributed by atoms with Gasteiger partial charge >= 0.3 is 8.56 Å². The Morgan fingerprint density at radius 2 is 1.73 bits per heavy atom. The van der Waals surface area contributed by atoms with Crippen LogP contribution in [0.2, 0.25) is 11.1 Å². The molecule has 7 heterocycles. The standard InChI is InChI=1S/C36H54N2O2Si/c1-9-26-28-15-11-13-24-17-18-30(37(24)28)33(26)34-22(7)32-23(8)39-41(20(3)4,21(5)6)40-31-19-25-14-12-16-29-27(10-2)35(32)36(31,34)38(25)29/h16,20-25,31-32,34H,9-15,17-19H2,1-8H3/t22-,23-,24-,25-,31+,32-,34-,36?/m1/s1. The number of aromatic nitrogens is 1. The maximum Gasteiger partial charge on any atom is 0.344 e. The van der Waals surface area contributed by atoms with Crippen molar-refractivity contribution in [3.63, 3.8) is 0 Å². The van der Waals surface area contributed by atoms with E-state index < -0.39 is 8.56 Å². The van der Waals surface area contributed by atoms with Crippen LogP contribution >= 0.6 is 0 Å². The molecule has 1 aromatic rings. The maximum absolute atomic E-state index is 7.87. The van der Waals surface area contributed by atoms with Crippen molar-refractivity contribution < 1.29 is 8.85 Å². The lowest BCUT2D eigenvalue weighted by Crippen LogP contribution is -2.61. The molecule has 5 heteroatoms. The minimum Gasteiger partial charge on any atom is -0.390 e. The molecule has 0 amide bonds. The molecule has 224 valence electrons. The van der Waals surface area contributed by atoms with Gasteiger partial charge in [0.1, 0.15) is 0 Å². The molecule has 6 aliphatic heterocycles. The van der Waals surface area contributed by atoms with Gasteiger partial charge in [0.15, 0.2) is 0 Å². The average Bonchev–Trinajstić information content (AvgIpc) is 3.70. The number of allylic oxidation sites excluding steroid dienone is 2. The Hall–Kier alpha value is -1.30. The summed E-state index contributed by atoms with van der Waals surface area (Å²) in [5.74, 6) is 1.49. The van der Waals surface area contributed by atoms with Gasteiger partial charge in [0.05, 0.1) is 17.7 Å². The molecule has 1 unspecified atom stereocenters. The van der Waals surface area contributed by atoms with Crippen LogP contribution in [0.25, 0.3) is 0 Å². The highest BCUT2D eigenvalue weighted by Crippen LogP contribution is 2.72. The molecular weight excluding hydrogens is 520 g/mol. The second-order valence-electron chi connectivity index (χ2n) is 15.4. The van der Waals surface area contributed by atoms with E-state index in [0.29, 0.717) is 34.9 Å². The van der Waals surface area contributed by atoms with Crippen LogP contribution in [0, 0.1) is 11.8 Å². The lowest BCUT2D eigenvalue weighted by atomic mass is 9.72. The van der Waals surface area contributed by atoms with E-state index in [1.165, 1.54) is 57.8 Å². The molecule has 8 rings (SSSR count). The van der Waals surface area contributed by atoms with Crippen molar-refractivity contribution in [2.75, 3.05) is 0 Å². The summed E-state index contributed by atoms with van der Waals surface area (Å²) >= 11 is 0. The van der Waals surface area contributed by atoms with Crippen LogP contribution in [-0.4, -0.2) is 41.8 Å². The summed E-state index contributed by atoms with van der Waals surface area (Å²) in [6, 6.07) is 1.34. The molecule has 8 atom stereocenters. The van der Waals surface area contributed by atoms with Gasteiger partial charge in [-0.2, -0.15) is 0 Å². The fraction of sp³-hybridized carbons (Fsp3) is 0.778. The first-order chi connectivity index (χ1) is 19.7. The summed E-state index contributed by atoms with van der Waals surface area (Å²) in [5, 5.41) is 0. The first kappa shape index (κ1) is 27.3. The van der Waals surface area contributed by atoms with Crippen LogP contribution in [0.5, 0.6) is 0 Å². The van der Waals surface area contributed by atoms with E-state index in [-0.39, 0.29) is 17.7 Å². The van der Waals surface area contributed by atoms with Gasteiger partial charge in [-0.3, -0.25) is 0 Å². The summed E-state index contributed by atoms with van der Waals surface area (Å²) in [5.41, 5.74) is 12.8. The summed E-state index contributed by atoms with van der Waals surface area (Å²) in [7, 11) is -2.50. The number of hydrogen-bond donors (Lipinski definition) is 0. The van der Waals surface area contributed by atoms with Gasteiger partial charge < -0.3 is 18.3 Å². The van der Waals surface area contributed by atoms with Crippen molar-refractivity contribution in [1.82, 2.24) is 9.47 Å². The second-order valence-corrected chi connectivity index (χ2v) is 19.6. The van der Waals surface area contributed by atoms with Gasteiger partial charge in [0.2, 0.25) is 0 Å². The number of hydrogen-bond acceptors (Lipinski definition) is 3. The molecule has 2 bridgehead atoms. The van der Waals surface area contributed by atoms with Crippen molar-refractivity contribution in [1.29, 1.82) is 0 Å². The van der Waals surface area contributed by atoms with Gasteiger partial charge in [0.25, 0.3) is 0 Å². The van der Waals surface area contributed by atoms with Crippen LogP contribution in [0.4, 0.5) is 0 Å². The normalized spacial score (nSPS) is 39.9. The quantitative estimate of drug-likeness (QED) is 0.330. The van der Waals surface area contributed by atoms with Gasteiger partial charge in [0, 0.05) is 41.0 Å². The zero-order valence-corrected chi connectivity index (χ0v) is 28.1. The van der Waals surface area contributed by atoms with Crippen LogP contribution in [0.1, 0.15) is 135 Å². The lowest BCUT2D eigenvalue weighted by molar-refractivity contribution is 0.0112. The van der Waals surface area contributed by atoms with Crippen LogP contribution in [-0.2, 0) is 28.1 Å². The minimum atomic E-state index is -2.50. The van der Waals surface area contributed by atoms with Crippen molar-refractivity contribution in [3.8, 4) is 0 Å². The SMILES string of the molecule is CCC1=C2[C@@H]3[C@@H](C)[C@H](c4c(CC)c5n6c4CC[C@H]6CCC5)C24[C@H](C[C@H]2CCC=C1N24)O[Si](C(C)C)(C(C)C)O[C@@H]3C. The highest BCUT2D eigenvalue weighted by molar-refractivity contribution is 6.70. The predicted octanol–water partition coefficient (Wildman–Crippen LogP) is 8.50. The number of nitrogens with zero attached hydrogens (tertiary/aromatic N) is 2. The third-order valence-electron chi connectivity index (χ3n) is 13.2. The van der Waals surface area contributed by atoms with E-state index in [4.69, 9.17) is 8.85 Å². The molecule has 1 aromatic heterocycles. The average molecular weight is 575 g/mol. The van der Waals surface area contributed by atoms with Gasteiger partial charge in [-0.15, -0.1) is 0 Å². The molecule has 0 N–H and O–H groups in total. The molecule has 1 aliphatic carbocycles. The van der Waals surface area contributed by atoms with E-state index in [1.807, 2.05) is 0 Å². The van der Waals surface area contributed by atoms with E-state index in [0.717, 1.165) is 12.5 Å². The Labute approximate surface area is 250 Å². The van der Waals surface area contributed by atoms with E-state index in [1.54, 1.807) is 39.4 Å². The monoisotopic (exact) mass is 574 g/mol. The molecule has 0 aromatic carbocycles. The molecule has 4 nitrogen and oxygen atoms in total. The smallest absolute Gasteiger partial charge is 0.344 e. The van der Waals surface area contributed by atoms with Gasteiger partial charge in [-0.25, -0.2) is 0 Å². The van der Waals surface area contributed by atoms with Crippen molar-refractivity contribution >= 4 is 8.56 Å². The van der Waals surface area contributed by atoms with Crippen molar-refractivity contribution in [3.05, 3.63) is 45.4 Å². The fourth-order valence-corrected chi connectivity index (χ4v) is 16.1. The van der Waals surface area contributed by atoms with E-state index in [9.17, 15) is 0 Å². The molecule has 7 aliphatic rings. The topological polar surface area (TPSA) is 26.6 Å². The van der Waals surface area contributed by atoms with Crippen LogP contribution in [0.3, 0.4) is 0 Å². The van der Waals surface area contributed by atoms with Crippen LogP contribution < -0.4 is 0 Å². The Kier molecular flexibility index (Phi) is 6.06. The predicted molar refractivity (Wildman–Crippen MR) is 168 cm³/mol. The Balaban J connectivity index is 1.44. The second kappa shape index (κ2) is 9.11. The maximum atomic E-state index is 7.87. The largest absolute Gasteiger partial charge is 0.390 e. The number of rotatable bonds is 5. The molecule has 3 fully saturated rings. The molecule has 1 spiro atoms. The van der Waals surface area contributed by atoms with E-state index in [2.05, 4.69) is 70.9 Å². The Morgan fingerprint density at radius 3 is 2.44 bits per heavy atom. The van der Waals surface area contributed by atoms with Crippen LogP contribution in [0.15, 0.2) is 22.9 Å². The third-order valence-corrected chi connectivity index (χ3v) is 17.8. The Bertz CT molecular complexity index is 1330. The summed E-state index contributed by atoms with van der Waals surface area (Å²) < 4.78 is 18.3. The molecule has 2 saturated heterocycles. The van der Waals surface area contributed by atoms with Gasteiger partial charge in [-0.05, 0) is 110 Å². The van der Waals surface area contributed by atoms with E-state index >= 15 is 0 Å². The molecule has 41 heavy (non-hydrogen) atoms. The first-order valence-corrected chi connectivity index (χ1v) is 19.5. The van der Waals surface area contributed by atoms with Crippen molar-refractivity contribution in [2.24, 2.45) is 11.8 Å². The highest BCUT2D eigenvalue weighted by atomic mass is 28.4. The lowest BCUT2D eigenvalue weighted by Gasteiger charge is -2.50. The zero-order valence-electron chi connectivity index (χ0n) is 27.1. The summed E-state index contributed by atoms with van der Waals surface area (Å²) in [6.45, 7) is 19.5. The van der Waals surface area contributed by atoms with Gasteiger partial charge in [-0.1, -0.05) is 54.5 Å². The molecule has 1 saturated carbocycles. The fourth-order valence-electron chi connectivity index (χ4n) is 12.1. The third kappa shape index (κ3) is 3.10. The zero-order chi connectivity index (χ0) is 28.6. The summed E-state index contributed by atoms with van der Waals surface area (Å²) in [4.78, 5) is 3.03. The highest BCUT2D eigenvalue weighted by Gasteiger charge is 2.75. The van der Waals surface area contributed by atoms with Crippen molar-refractivity contribution in [2.45, 2.75) is 166 Å². The minimum absolute atomic E-state index is 0.0393. The summed E-state index contributed by atoms with van der Waals surface area (Å²) in [6.07, 6.45) is 15.7. The molecule has 0 radical (unpaired) electrons.